The summed E-state index contributed by atoms with van der Waals surface area (Å²) in [5.41, 5.74) is 3.06. The summed E-state index contributed by atoms with van der Waals surface area (Å²) in [5, 5.41) is 2.89. The topological polar surface area (TPSA) is 95.8 Å². The average molecular weight is 509 g/mol. The maximum absolute atomic E-state index is 13.1. The molecule has 2 aliphatic rings. The van der Waals surface area contributed by atoms with Crippen molar-refractivity contribution in [2.24, 2.45) is 0 Å². The lowest BCUT2D eigenvalue weighted by Gasteiger charge is -2.42. The van der Waals surface area contributed by atoms with Gasteiger partial charge < -0.3 is 14.6 Å². The number of urea groups is 1. The molecule has 2 amide bonds. The molecule has 0 radical (unpaired) electrons. The number of furan rings is 1. The van der Waals surface area contributed by atoms with Crippen LogP contribution in [0.1, 0.15) is 24.3 Å². The zero-order chi connectivity index (χ0) is 23.2. The molecule has 33 heavy (non-hydrogen) atoms. The Morgan fingerprint density at radius 2 is 1.91 bits per heavy atom. The first-order chi connectivity index (χ1) is 15.8. The monoisotopic (exact) mass is 508 g/mol. The smallest absolute Gasteiger partial charge is 0.321 e. The molecule has 0 unspecified atom stereocenters. The van der Waals surface area contributed by atoms with E-state index in [0.717, 1.165) is 16.7 Å². The molecular formula is C22H22Cl2N4O4S. The molecule has 1 aromatic carbocycles. The number of nitrogens with one attached hydrogen (secondary N) is 1. The Kier molecular flexibility index (Phi) is 5.98. The van der Waals surface area contributed by atoms with Gasteiger partial charge in [0.1, 0.15) is 10.8 Å². The van der Waals surface area contributed by atoms with Crippen LogP contribution in [0.3, 0.4) is 0 Å². The van der Waals surface area contributed by atoms with Gasteiger partial charge in [0.2, 0.25) is 10.0 Å². The van der Waals surface area contributed by atoms with E-state index >= 15 is 0 Å². The molecule has 0 bridgehead atoms. The Labute approximate surface area is 201 Å². The average Bonchev–Trinajstić information content (AvgIpc) is 3.19. The maximum atomic E-state index is 13.1. The lowest BCUT2D eigenvalue weighted by atomic mass is 9.91. The minimum atomic E-state index is -3.48. The molecule has 2 fully saturated rings. The van der Waals surface area contributed by atoms with E-state index in [2.05, 4.69) is 10.3 Å². The predicted molar refractivity (Wildman–Crippen MR) is 127 cm³/mol. The summed E-state index contributed by atoms with van der Waals surface area (Å²) < 4.78 is 33.3. The van der Waals surface area contributed by atoms with Crippen molar-refractivity contribution in [1.29, 1.82) is 0 Å². The highest BCUT2D eigenvalue weighted by molar-refractivity contribution is 7.89. The van der Waals surface area contributed by atoms with Gasteiger partial charge in [0.05, 0.1) is 17.0 Å². The number of aromatic nitrogens is 1. The minimum absolute atomic E-state index is 0.148. The van der Waals surface area contributed by atoms with Crippen molar-refractivity contribution in [2.45, 2.75) is 24.0 Å². The Morgan fingerprint density at radius 1 is 1.15 bits per heavy atom. The van der Waals surface area contributed by atoms with Crippen LogP contribution in [0.15, 0.2) is 47.2 Å². The zero-order valence-electron chi connectivity index (χ0n) is 17.6. The first-order valence-corrected chi connectivity index (χ1v) is 12.9. The van der Waals surface area contributed by atoms with Crippen molar-refractivity contribution < 1.29 is 17.6 Å². The van der Waals surface area contributed by atoms with Crippen LogP contribution in [0.5, 0.6) is 0 Å². The molecule has 0 saturated carbocycles. The molecule has 1 N–H and O–H groups in total. The number of nitrogens with zero attached hydrogens (tertiary/aromatic N) is 3. The van der Waals surface area contributed by atoms with Gasteiger partial charge in [0.25, 0.3) is 0 Å². The van der Waals surface area contributed by atoms with E-state index in [-0.39, 0.29) is 25.0 Å². The van der Waals surface area contributed by atoms with E-state index in [0.29, 0.717) is 41.7 Å². The van der Waals surface area contributed by atoms with Crippen molar-refractivity contribution in [2.75, 3.05) is 31.5 Å². The van der Waals surface area contributed by atoms with E-state index in [9.17, 15) is 13.2 Å². The normalized spacial score (nSPS) is 18.4. The van der Waals surface area contributed by atoms with Crippen molar-refractivity contribution in [3.05, 3.63) is 58.4 Å². The highest BCUT2D eigenvalue weighted by Crippen LogP contribution is 2.35. The summed E-state index contributed by atoms with van der Waals surface area (Å²) in [6.45, 7) is 1.18. The number of likely N-dealkylation sites (tertiary alicyclic amines) is 1. The molecule has 2 saturated heterocycles. The van der Waals surface area contributed by atoms with Gasteiger partial charge in [-0.1, -0.05) is 23.2 Å². The van der Waals surface area contributed by atoms with Gasteiger partial charge in [-0.25, -0.2) is 17.5 Å². The molecule has 8 nitrogen and oxygen atoms in total. The van der Waals surface area contributed by atoms with Crippen molar-refractivity contribution in [3.8, 4) is 0 Å². The van der Waals surface area contributed by atoms with Crippen LogP contribution in [-0.2, 0) is 10.0 Å². The second-order valence-electron chi connectivity index (χ2n) is 8.34. The molecule has 11 heteroatoms. The third-order valence-corrected chi connectivity index (χ3v) is 9.11. The number of hydrogen-bond acceptors (Lipinski definition) is 5. The highest BCUT2D eigenvalue weighted by atomic mass is 35.5. The highest BCUT2D eigenvalue weighted by Gasteiger charge is 2.44. The molecule has 4 heterocycles. The summed E-state index contributed by atoms with van der Waals surface area (Å²) in [6.07, 6.45) is 4.88. The van der Waals surface area contributed by atoms with Crippen molar-refractivity contribution in [3.63, 3.8) is 0 Å². The summed E-state index contributed by atoms with van der Waals surface area (Å²) >= 11 is 12.0. The third kappa shape index (κ3) is 4.30. The van der Waals surface area contributed by atoms with Crippen LogP contribution in [0, 0.1) is 0 Å². The van der Waals surface area contributed by atoms with Gasteiger partial charge >= 0.3 is 6.03 Å². The van der Waals surface area contributed by atoms with Crippen molar-refractivity contribution in [1.82, 2.24) is 14.2 Å². The van der Waals surface area contributed by atoms with Gasteiger partial charge in [0.15, 0.2) is 5.58 Å². The molecule has 5 rings (SSSR count). The number of sulfonamides is 1. The number of carbonyl (C=O) groups excluding carboxylic acids is 1. The predicted octanol–water partition coefficient (Wildman–Crippen LogP) is 4.56. The van der Waals surface area contributed by atoms with E-state index in [1.165, 1.54) is 11.0 Å². The number of amides is 2. The number of benzene rings is 1. The molecule has 0 aliphatic carbocycles. The number of rotatable bonds is 4. The lowest BCUT2D eigenvalue weighted by molar-refractivity contribution is 0.179. The molecule has 174 valence electrons. The largest absolute Gasteiger partial charge is 0.462 e. The van der Waals surface area contributed by atoms with Gasteiger partial charge in [0, 0.05) is 43.0 Å². The van der Waals surface area contributed by atoms with Crippen LogP contribution in [0.4, 0.5) is 10.5 Å². The Morgan fingerprint density at radius 3 is 2.64 bits per heavy atom. The number of piperidine rings is 1. The lowest BCUT2D eigenvalue weighted by Crippen LogP contribution is -2.61. The van der Waals surface area contributed by atoms with Gasteiger partial charge in [-0.2, -0.15) is 0 Å². The van der Waals surface area contributed by atoms with Gasteiger partial charge in [-0.15, -0.1) is 0 Å². The Balaban J connectivity index is 1.16. The van der Waals surface area contributed by atoms with Crippen LogP contribution >= 0.6 is 23.2 Å². The fourth-order valence-electron chi connectivity index (χ4n) is 4.38. The number of hydrogen-bond donors (Lipinski definition) is 1. The van der Waals surface area contributed by atoms with Crippen LogP contribution < -0.4 is 5.32 Å². The van der Waals surface area contributed by atoms with E-state index in [1.54, 1.807) is 28.9 Å². The first kappa shape index (κ1) is 22.5. The van der Waals surface area contributed by atoms with E-state index < -0.39 is 15.3 Å². The van der Waals surface area contributed by atoms with Crippen molar-refractivity contribution >= 4 is 56.0 Å². The van der Waals surface area contributed by atoms with E-state index in [4.69, 9.17) is 27.6 Å². The second kappa shape index (κ2) is 8.79. The number of fused-ring (bicyclic) bond motifs is 1. The van der Waals surface area contributed by atoms with E-state index in [1.807, 2.05) is 12.1 Å². The fourth-order valence-corrected chi connectivity index (χ4v) is 6.72. The first-order valence-electron chi connectivity index (χ1n) is 10.6. The number of pyridine rings is 1. The summed E-state index contributed by atoms with van der Waals surface area (Å²) in [4.78, 5) is 18.3. The number of anilines is 1. The Bertz CT molecular complexity index is 1300. The standard InChI is InChI=1S/C22H22Cl2N4O4S/c23-15-3-4-19(18(24)10-15)26-22(29)27-11-16(12-27)33(30,31)28-8-5-14(6-9-28)17-13-32-20-2-1-7-25-21(17)20/h1-4,7,10,13-14,16H,5-6,8-9,11-12H2,(H,26,29). The number of carbonyl (C=O) groups is 1. The summed E-state index contributed by atoms with van der Waals surface area (Å²) in [7, 11) is -3.48. The fraction of sp³-hybridized carbons (Fsp3) is 0.364. The molecular weight excluding hydrogens is 487 g/mol. The Hall–Kier alpha value is -2.33. The molecule has 2 aliphatic heterocycles. The molecule has 0 spiro atoms. The minimum Gasteiger partial charge on any atom is -0.462 e. The van der Waals surface area contributed by atoms with Crippen LogP contribution in [0.25, 0.3) is 11.1 Å². The molecule has 3 aromatic rings. The molecule has 2 aromatic heterocycles. The van der Waals surface area contributed by atoms with Crippen LogP contribution in [0.2, 0.25) is 10.0 Å². The SMILES string of the molecule is O=C(Nc1ccc(Cl)cc1Cl)N1CC(S(=O)(=O)N2CCC(c3coc4cccnc34)CC2)C1. The maximum Gasteiger partial charge on any atom is 0.321 e. The summed E-state index contributed by atoms with van der Waals surface area (Å²) in [6, 6.07) is 8.09. The quantitative estimate of drug-likeness (QED) is 0.557. The summed E-state index contributed by atoms with van der Waals surface area (Å²) in [5.74, 6) is 0.209. The second-order valence-corrected chi connectivity index (χ2v) is 11.4. The zero-order valence-corrected chi connectivity index (χ0v) is 19.9. The third-order valence-electron chi connectivity index (χ3n) is 6.34. The molecule has 0 atom stereocenters. The van der Waals surface area contributed by atoms with Gasteiger partial charge in [-0.05, 0) is 49.1 Å². The van der Waals surface area contributed by atoms with Gasteiger partial charge in [-0.3, -0.25) is 4.98 Å². The number of halogens is 2. The van der Waals surface area contributed by atoms with Crippen LogP contribution in [-0.4, -0.2) is 60.1 Å².